The summed E-state index contributed by atoms with van der Waals surface area (Å²) >= 11 is 3.35. The summed E-state index contributed by atoms with van der Waals surface area (Å²) in [6.07, 6.45) is 5.67. The quantitative estimate of drug-likeness (QED) is 0.818. The molecule has 0 aromatic heterocycles. The Labute approximate surface area is 146 Å². The summed E-state index contributed by atoms with van der Waals surface area (Å²) in [5, 5.41) is 5.98. The lowest BCUT2D eigenvalue weighted by Gasteiger charge is -2.27. The summed E-state index contributed by atoms with van der Waals surface area (Å²) in [5.74, 6) is -0.245. The van der Waals surface area contributed by atoms with Crippen LogP contribution in [0.15, 0.2) is 28.7 Å². The molecule has 0 saturated heterocycles. The fraction of sp³-hybridized carbons (Fsp3) is 0.556. The van der Waals surface area contributed by atoms with E-state index in [2.05, 4.69) is 26.6 Å². The second kappa shape index (κ2) is 8.48. The standard InChI is InChI=1S/C18H25BrN2O2/c1-12(2)16(18(23)20-15-6-4-3-5-7-15)21-17(22)13-8-10-14(19)11-9-13/h8-12,15-16H,3-7H2,1-2H3,(H,20,23)(H,21,22)/t16-/m0/s1. The van der Waals surface area contributed by atoms with Gasteiger partial charge >= 0.3 is 0 Å². The van der Waals surface area contributed by atoms with Gasteiger partial charge in [0.05, 0.1) is 0 Å². The van der Waals surface area contributed by atoms with Gasteiger partial charge in [-0.2, -0.15) is 0 Å². The van der Waals surface area contributed by atoms with Gasteiger partial charge < -0.3 is 10.6 Å². The highest BCUT2D eigenvalue weighted by Gasteiger charge is 2.27. The molecule has 2 rings (SSSR count). The van der Waals surface area contributed by atoms with E-state index < -0.39 is 6.04 Å². The highest BCUT2D eigenvalue weighted by atomic mass is 79.9. The van der Waals surface area contributed by atoms with Crippen molar-refractivity contribution in [3.63, 3.8) is 0 Å². The van der Waals surface area contributed by atoms with Crippen LogP contribution in [0.1, 0.15) is 56.3 Å². The van der Waals surface area contributed by atoms with Crippen LogP contribution in [0.3, 0.4) is 0 Å². The van der Waals surface area contributed by atoms with E-state index in [1.165, 1.54) is 19.3 Å². The first-order valence-corrected chi connectivity index (χ1v) is 9.13. The maximum Gasteiger partial charge on any atom is 0.251 e. The zero-order chi connectivity index (χ0) is 16.8. The van der Waals surface area contributed by atoms with E-state index in [9.17, 15) is 9.59 Å². The van der Waals surface area contributed by atoms with Crippen molar-refractivity contribution in [2.75, 3.05) is 0 Å². The molecule has 0 radical (unpaired) electrons. The minimum Gasteiger partial charge on any atom is -0.352 e. The number of amides is 2. The molecule has 2 N–H and O–H groups in total. The molecule has 1 fully saturated rings. The Balaban J connectivity index is 1.98. The largest absolute Gasteiger partial charge is 0.352 e. The summed E-state index contributed by atoms with van der Waals surface area (Å²) in [5.41, 5.74) is 0.560. The van der Waals surface area contributed by atoms with Crippen LogP contribution in [0, 0.1) is 5.92 Å². The zero-order valence-corrected chi connectivity index (χ0v) is 15.4. The lowest BCUT2D eigenvalue weighted by molar-refractivity contribution is -0.124. The number of hydrogen-bond acceptors (Lipinski definition) is 2. The number of halogens is 1. The van der Waals surface area contributed by atoms with Crippen molar-refractivity contribution in [3.05, 3.63) is 34.3 Å². The van der Waals surface area contributed by atoms with Crippen molar-refractivity contribution in [1.29, 1.82) is 0 Å². The second-order valence-electron chi connectivity index (χ2n) is 6.55. The maximum absolute atomic E-state index is 12.5. The molecular weight excluding hydrogens is 356 g/mol. The van der Waals surface area contributed by atoms with Gasteiger partial charge in [-0.05, 0) is 43.0 Å². The van der Waals surface area contributed by atoms with Gasteiger partial charge in [0.15, 0.2) is 0 Å². The molecule has 126 valence electrons. The molecule has 1 saturated carbocycles. The van der Waals surface area contributed by atoms with E-state index >= 15 is 0 Å². The fourth-order valence-electron chi connectivity index (χ4n) is 2.90. The first-order chi connectivity index (χ1) is 11.0. The van der Waals surface area contributed by atoms with E-state index in [-0.39, 0.29) is 23.8 Å². The van der Waals surface area contributed by atoms with Crippen molar-refractivity contribution in [2.24, 2.45) is 5.92 Å². The highest BCUT2D eigenvalue weighted by Crippen LogP contribution is 2.18. The molecule has 4 nitrogen and oxygen atoms in total. The third kappa shape index (κ3) is 5.34. The molecule has 1 atom stereocenters. The van der Waals surface area contributed by atoms with Gasteiger partial charge in [0.1, 0.15) is 6.04 Å². The second-order valence-corrected chi connectivity index (χ2v) is 7.46. The topological polar surface area (TPSA) is 58.2 Å². The molecule has 1 aliphatic carbocycles. The Kier molecular flexibility index (Phi) is 6.63. The third-order valence-corrected chi connectivity index (χ3v) is 4.82. The average molecular weight is 381 g/mol. The van der Waals surface area contributed by atoms with Gasteiger partial charge in [0.2, 0.25) is 5.91 Å². The lowest BCUT2D eigenvalue weighted by atomic mass is 9.94. The number of carbonyl (C=O) groups excluding carboxylic acids is 2. The SMILES string of the molecule is CC(C)[C@H](NC(=O)c1ccc(Br)cc1)C(=O)NC1CCCCC1. The molecule has 0 bridgehead atoms. The molecule has 2 amide bonds. The Morgan fingerprint density at radius 1 is 1.09 bits per heavy atom. The van der Waals surface area contributed by atoms with E-state index in [1.807, 2.05) is 26.0 Å². The Bertz CT molecular complexity index is 536. The monoisotopic (exact) mass is 380 g/mol. The third-order valence-electron chi connectivity index (χ3n) is 4.29. The first-order valence-electron chi connectivity index (χ1n) is 8.34. The molecule has 0 aliphatic heterocycles. The van der Waals surface area contributed by atoms with Crippen LogP contribution < -0.4 is 10.6 Å². The summed E-state index contributed by atoms with van der Waals surface area (Å²) in [6.45, 7) is 3.90. The Morgan fingerprint density at radius 2 is 1.70 bits per heavy atom. The van der Waals surface area contributed by atoms with Crippen LogP contribution in [0.5, 0.6) is 0 Å². The minimum atomic E-state index is -0.506. The van der Waals surface area contributed by atoms with Crippen LogP contribution in [0.4, 0.5) is 0 Å². The predicted octanol–water partition coefficient (Wildman–Crippen LogP) is 3.65. The van der Waals surface area contributed by atoms with Gasteiger partial charge in [-0.3, -0.25) is 9.59 Å². The smallest absolute Gasteiger partial charge is 0.251 e. The average Bonchev–Trinajstić information content (AvgIpc) is 2.53. The van der Waals surface area contributed by atoms with Gasteiger partial charge in [-0.25, -0.2) is 0 Å². The number of benzene rings is 1. The van der Waals surface area contributed by atoms with Gasteiger partial charge in [0, 0.05) is 16.1 Å². The molecule has 1 aromatic carbocycles. The molecule has 0 heterocycles. The number of carbonyl (C=O) groups is 2. The highest BCUT2D eigenvalue weighted by molar-refractivity contribution is 9.10. The fourth-order valence-corrected chi connectivity index (χ4v) is 3.16. The van der Waals surface area contributed by atoms with Crippen LogP contribution in [0.2, 0.25) is 0 Å². The Hall–Kier alpha value is -1.36. The van der Waals surface area contributed by atoms with Crippen LogP contribution in [-0.4, -0.2) is 23.9 Å². The molecule has 0 spiro atoms. The molecule has 23 heavy (non-hydrogen) atoms. The van der Waals surface area contributed by atoms with E-state index in [4.69, 9.17) is 0 Å². The molecule has 1 aliphatic rings. The van der Waals surface area contributed by atoms with Crippen molar-refractivity contribution in [2.45, 2.75) is 58.0 Å². The predicted molar refractivity (Wildman–Crippen MR) is 95.2 cm³/mol. The summed E-state index contributed by atoms with van der Waals surface area (Å²) in [6, 6.07) is 6.88. The molecule has 0 unspecified atom stereocenters. The van der Waals surface area contributed by atoms with E-state index in [1.54, 1.807) is 12.1 Å². The zero-order valence-electron chi connectivity index (χ0n) is 13.8. The summed E-state index contributed by atoms with van der Waals surface area (Å²) in [7, 11) is 0. The molecular formula is C18H25BrN2O2. The minimum absolute atomic E-state index is 0.0398. The van der Waals surface area contributed by atoms with Gasteiger partial charge in [0.25, 0.3) is 5.91 Å². The van der Waals surface area contributed by atoms with E-state index in [0.717, 1.165) is 17.3 Å². The van der Waals surface area contributed by atoms with Crippen molar-refractivity contribution in [1.82, 2.24) is 10.6 Å². The Morgan fingerprint density at radius 3 is 2.26 bits per heavy atom. The first kappa shape index (κ1) is 18.0. The van der Waals surface area contributed by atoms with Gasteiger partial charge in [-0.1, -0.05) is 49.0 Å². The lowest BCUT2D eigenvalue weighted by Crippen LogP contribution is -2.52. The molecule has 1 aromatic rings. The normalized spacial score (nSPS) is 16.9. The van der Waals surface area contributed by atoms with Crippen molar-refractivity contribution >= 4 is 27.7 Å². The van der Waals surface area contributed by atoms with Gasteiger partial charge in [-0.15, -0.1) is 0 Å². The van der Waals surface area contributed by atoms with Crippen LogP contribution >= 0.6 is 15.9 Å². The summed E-state index contributed by atoms with van der Waals surface area (Å²) in [4.78, 5) is 24.9. The maximum atomic E-state index is 12.5. The number of rotatable bonds is 5. The van der Waals surface area contributed by atoms with E-state index in [0.29, 0.717) is 5.56 Å². The molecule has 5 heteroatoms. The van der Waals surface area contributed by atoms with Crippen molar-refractivity contribution < 1.29 is 9.59 Å². The van der Waals surface area contributed by atoms with Crippen LogP contribution in [-0.2, 0) is 4.79 Å². The number of nitrogens with one attached hydrogen (secondary N) is 2. The summed E-state index contributed by atoms with van der Waals surface area (Å²) < 4.78 is 0.921. The van der Waals surface area contributed by atoms with Crippen LogP contribution in [0.25, 0.3) is 0 Å². The number of hydrogen-bond donors (Lipinski definition) is 2. The van der Waals surface area contributed by atoms with Crippen molar-refractivity contribution in [3.8, 4) is 0 Å².